The minimum atomic E-state index is -0.635. The average Bonchev–Trinajstić information content (AvgIpc) is 2.84. The van der Waals surface area contributed by atoms with Crippen molar-refractivity contribution in [2.45, 2.75) is 65.8 Å². The Morgan fingerprint density at radius 1 is 1.00 bits per heavy atom. The van der Waals surface area contributed by atoms with Crippen molar-refractivity contribution in [3.63, 3.8) is 0 Å². The third kappa shape index (κ3) is 9.98. The van der Waals surface area contributed by atoms with Crippen molar-refractivity contribution in [3.8, 4) is 11.5 Å². The highest BCUT2D eigenvalue weighted by Crippen LogP contribution is 2.28. The Hall–Kier alpha value is -3.71. The van der Waals surface area contributed by atoms with E-state index in [0.717, 1.165) is 11.1 Å². The predicted octanol–water partition coefficient (Wildman–Crippen LogP) is 5.54. The van der Waals surface area contributed by atoms with Crippen LogP contribution in [0.1, 0.15) is 58.2 Å². The lowest BCUT2D eigenvalue weighted by Crippen LogP contribution is -2.42. The zero-order valence-corrected chi connectivity index (χ0v) is 23.5. The maximum absolute atomic E-state index is 13.0. The Morgan fingerprint density at radius 2 is 1.66 bits per heavy atom. The second-order valence-electron chi connectivity index (χ2n) is 11.2. The molecule has 0 aliphatic carbocycles. The number of hydrogen-bond donors (Lipinski definition) is 1. The number of rotatable bonds is 12. The molecule has 0 fully saturated rings. The molecule has 2 aromatic carbocycles. The number of nitrogens with one attached hydrogen (secondary N) is 1. The van der Waals surface area contributed by atoms with Gasteiger partial charge >= 0.3 is 5.97 Å². The zero-order valence-electron chi connectivity index (χ0n) is 23.5. The van der Waals surface area contributed by atoms with Gasteiger partial charge in [-0.25, -0.2) is 0 Å². The Morgan fingerprint density at radius 3 is 2.24 bits per heavy atom. The molecule has 0 aliphatic heterocycles. The van der Waals surface area contributed by atoms with E-state index in [4.69, 9.17) is 19.7 Å². The van der Waals surface area contributed by atoms with Crippen LogP contribution in [0.2, 0.25) is 0 Å². The molecule has 0 saturated heterocycles. The van der Waals surface area contributed by atoms with Crippen LogP contribution in [0.5, 0.6) is 11.5 Å². The summed E-state index contributed by atoms with van der Waals surface area (Å²) in [6.07, 6.45) is 0.636. The quantitative estimate of drug-likeness (QED) is 0.128. The third-order valence-electron chi connectivity index (χ3n) is 5.80. The number of nitrogens with zero attached hydrogens (tertiary/aromatic N) is 3. The summed E-state index contributed by atoms with van der Waals surface area (Å²) in [6.45, 7) is 12.4. The van der Waals surface area contributed by atoms with E-state index in [1.165, 1.54) is 12.7 Å². The molecule has 0 aromatic heterocycles. The molecule has 0 heterocycles. The molecule has 2 aromatic rings. The molecule has 2 rings (SSSR count). The summed E-state index contributed by atoms with van der Waals surface area (Å²) in [5.41, 5.74) is 10.8. The number of amides is 1. The van der Waals surface area contributed by atoms with Crippen LogP contribution in [0.25, 0.3) is 10.4 Å². The monoisotopic (exact) mass is 524 g/mol. The number of benzene rings is 2. The Bertz CT molecular complexity index is 1130. The van der Waals surface area contributed by atoms with Crippen LogP contribution in [0.15, 0.2) is 47.6 Å². The van der Waals surface area contributed by atoms with Gasteiger partial charge in [-0.1, -0.05) is 56.2 Å². The van der Waals surface area contributed by atoms with E-state index in [1.807, 2.05) is 0 Å². The van der Waals surface area contributed by atoms with Crippen LogP contribution in [-0.4, -0.2) is 44.8 Å². The fourth-order valence-electron chi connectivity index (χ4n) is 3.62. The van der Waals surface area contributed by atoms with Crippen LogP contribution in [0.3, 0.4) is 0 Å². The molecule has 9 nitrogen and oxygen atoms in total. The minimum Gasteiger partial charge on any atom is -0.493 e. The van der Waals surface area contributed by atoms with Gasteiger partial charge in [0.25, 0.3) is 0 Å². The number of ether oxygens (including phenoxy) is 3. The molecule has 1 amide bonds. The van der Waals surface area contributed by atoms with Crippen LogP contribution >= 0.6 is 0 Å². The SMILES string of the molecule is COc1cc(CC(=O)NC(COC(=O)C(C)(C)C)Cc2ccc(C(C)(C)C)cc2)ccc1OCCN=[N+]=[N-]. The molecule has 0 radical (unpaired) electrons. The van der Waals surface area contributed by atoms with Gasteiger partial charge in [0.1, 0.15) is 6.61 Å². The van der Waals surface area contributed by atoms with Gasteiger partial charge in [-0.05, 0) is 67.0 Å². The van der Waals surface area contributed by atoms with E-state index in [1.54, 1.807) is 39.0 Å². The second kappa shape index (κ2) is 13.7. The highest BCUT2D eigenvalue weighted by Gasteiger charge is 2.25. The predicted molar refractivity (Wildman–Crippen MR) is 147 cm³/mol. The highest BCUT2D eigenvalue weighted by atomic mass is 16.5. The highest BCUT2D eigenvalue weighted by molar-refractivity contribution is 5.79. The molecule has 0 saturated carbocycles. The number of carbonyl (C=O) groups excluding carboxylic acids is 2. The van der Waals surface area contributed by atoms with Crippen LogP contribution in [0, 0.1) is 5.41 Å². The van der Waals surface area contributed by atoms with Gasteiger partial charge in [0.2, 0.25) is 5.91 Å². The van der Waals surface area contributed by atoms with E-state index >= 15 is 0 Å². The Balaban J connectivity index is 2.11. The molecule has 1 atom stereocenters. The van der Waals surface area contributed by atoms with Gasteiger partial charge in [0, 0.05) is 4.91 Å². The maximum atomic E-state index is 13.0. The summed E-state index contributed by atoms with van der Waals surface area (Å²) in [6, 6.07) is 13.1. The second-order valence-corrected chi connectivity index (χ2v) is 11.2. The molecular weight excluding hydrogens is 484 g/mol. The van der Waals surface area contributed by atoms with Crippen LogP contribution < -0.4 is 14.8 Å². The van der Waals surface area contributed by atoms with Gasteiger partial charge < -0.3 is 19.5 Å². The van der Waals surface area contributed by atoms with Gasteiger partial charge in [-0.3, -0.25) is 9.59 Å². The van der Waals surface area contributed by atoms with Crippen molar-refractivity contribution in [1.82, 2.24) is 5.32 Å². The molecule has 0 aliphatic rings. The molecule has 0 spiro atoms. The molecule has 0 bridgehead atoms. The summed E-state index contributed by atoms with van der Waals surface area (Å²) in [5.74, 6) is 0.453. The molecular formula is C29H40N4O5. The number of esters is 1. The fourth-order valence-corrected chi connectivity index (χ4v) is 3.62. The maximum Gasteiger partial charge on any atom is 0.311 e. The Labute approximate surface area is 225 Å². The van der Waals surface area contributed by atoms with Gasteiger partial charge in [0.05, 0.1) is 38.1 Å². The van der Waals surface area contributed by atoms with Crippen molar-refractivity contribution in [2.24, 2.45) is 10.5 Å². The molecule has 38 heavy (non-hydrogen) atoms. The van der Waals surface area contributed by atoms with E-state index in [-0.39, 0.29) is 49.5 Å². The summed E-state index contributed by atoms with van der Waals surface area (Å²) in [5, 5.41) is 6.47. The number of carbonyl (C=O) groups is 2. The zero-order chi connectivity index (χ0) is 28.3. The summed E-state index contributed by atoms with van der Waals surface area (Å²) < 4.78 is 16.5. The van der Waals surface area contributed by atoms with E-state index < -0.39 is 5.41 Å². The smallest absolute Gasteiger partial charge is 0.311 e. The van der Waals surface area contributed by atoms with Crippen molar-refractivity contribution in [3.05, 3.63) is 69.6 Å². The normalized spacial score (nSPS) is 12.2. The topological polar surface area (TPSA) is 123 Å². The van der Waals surface area contributed by atoms with Crippen molar-refractivity contribution in [1.29, 1.82) is 0 Å². The number of methoxy groups -OCH3 is 1. The third-order valence-corrected chi connectivity index (χ3v) is 5.80. The van der Waals surface area contributed by atoms with E-state index in [2.05, 4.69) is 60.4 Å². The largest absolute Gasteiger partial charge is 0.493 e. The van der Waals surface area contributed by atoms with Gasteiger partial charge in [-0.2, -0.15) is 0 Å². The van der Waals surface area contributed by atoms with Crippen LogP contribution in [-0.2, 0) is 32.6 Å². The molecule has 9 heteroatoms. The Kier molecular flexibility index (Phi) is 11.0. The summed E-state index contributed by atoms with van der Waals surface area (Å²) in [4.78, 5) is 28.1. The van der Waals surface area contributed by atoms with Crippen molar-refractivity contribution >= 4 is 11.9 Å². The average molecular weight is 525 g/mol. The minimum absolute atomic E-state index is 0.0423. The van der Waals surface area contributed by atoms with Crippen molar-refractivity contribution < 1.29 is 23.8 Å². The lowest BCUT2D eigenvalue weighted by molar-refractivity contribution is -0.154. The first-order valence-corrected chi connectivity index (χ1v) is 12.7. The van der Waals surface area contributed by atoms with E-state index in [0.29, 0.717) is 17.9 Å². The lowest BCUT2D eigenvalue weighted by Gasteiger charge is -2.23. The first-order valence-electron chi connectivity index (χ1n) is 12.7. The molecule has 1 unspecified atom stereocenters. The standard InChI is InChI=1S/C29H40N4O5/c1-28(2,3)22-11-8-20(9-12-22)16-23(19-38-27(35)29(4,5)6)32-26(34)18-21-10-13-24(25(17-21)36-7)37-15-14-31-33-30/h8-13,17,23H,14-16,18-19H2,1-7H3,(H,32,34). The molecule has 1 N–H and O–H groups in total. The number of azide groups is 1. The first-order chi connectivity index (χ1) is 17.8. The number of hydrogen-bond acceptors (Lipinski definition) is 6. The fraction of sp³-hybridized carbons (Fsp3) is 0.517. The van der Waals surface area contributed by atoms with Gasteiger partial charge in [-0.15, -0.1) is 0 Å². The van der Waals surface area contributed by atoms with Gasteiger partial charge in [0.15, 0.2) is 11.5 Å². The summed E-state index contributed by atoms with van der Waals surface area (Å²) >= 11 is 0. The van der Waals surface area contributed by atoms with Crippen molar-refractivity contribution in [2.75, 3.05) is 26.9 Å². The first kappa shape index (κ1) is 30.5. The van der Waals surface area contributed by atoms with Crippen LogP contribution in [0.4, 0.5) is 0 Å². The molecule has 206 valence electrons. The summed E-state index contributed by atoms with van der Waals surface area (Å²) in [7, 11) is 1.52. The lowest BCUT2D eigenvalue weighted by atomic mass is 9.86. The van der Waals surface area contributed by atoms with E-state index in [9.17, 15) is 9.59 Å².